The highest BCUT2D eigenvalue weighted by atomic mass is 19.2. The number of benzene rings is 2. The minimum absolute atomic E-state index is 0.0771. The van der Waals surface area contributed by atoms with Gasteiger partial charge in [-0.05, 0) is 23.6 Å². The first-order chi connectivity index (χ1) is 9.68. The van der Waals surface area contributed by atoms with E-state index in [1.165, 1.54) is 12.1 Å². The van der Waals surface area contributed by atoms with E-state index in [-0.39, 0.29) is 5.56 Å². The van der Waals surface area contributed by atoms with Crippen molar-refractivity contribution in [1.29, 1.82) is 0 Å². The average molecular weight is 276 g/mol. The van der Waals surface area contributed by atoms with E-state index in [0.717, 1.165) is 23.6 Å². The third-order valence-electron chi connectivity index (χ3n) is 3.62. The Balaban J connectivity index is 2.00. The summed E-state index contributed by atoms with van der Waals surface area (Å²) >= 11 is 0. The van der Waals surface area contributed by atoms with Gasteiger partial charge < -0.3 is 9.84 Å². The van der Waals surface area contributed by atoms with Crippen LogP contribution in [0.3, 0.4) is 0 Å². The van der Waals surface area contributed by atoms with Crippen LogP contribution < -0.4 is 0 Å². The molecule has 0 aromatic heterocycles. The maximum atomic E-state index is 13.8. The van der Waals surface area contributed by atoms with Gasteiger partial charge in [-0.15, -0.1) is 0 Å². The SMILES string of the molecule is OC(c1cccc(F)c1F)C1OCCc2ccccc21. The average Bonchev–Trinajstić information content (AvgIpc) is 2.49. The summed E-state index contributed by atoms with van der Waals surface area (Å²) in [5.41, 5.74) is 1.82. The molecule has 0 aliphatic carbocycles. The van der Waals surface area contributed by atoms with Crippen molar-refractivity contribution in [2.24, 2.45) is 0 Å². The molecular weight excluding hydrogens is 262 g/mol. The van der Waals surface area contributed by atoms with E-state index in [1.54, 1.807) is 0 Å². The summed E-state index contributed by atoms with van der Waals surface area (Å²) < 4.78 is 32.6. The Morgan fingerprint density at radius 1 is 1.10 bits per heavy atom. The third-order valence-corrected chi connectivity index (χ3v) is 3.62. The number of aliphatic hydroxyl groups is 1. The zero-order valence-corrected chi connectivity index (χ0v) is 10.7. The van der Waals surface area contributed by atoms with Crippen LogP contribution in [0, 0.1) is 11.6 Å². The quantitative estimate of drug-likeness (QED) is 0.911. The maximum absolute atomic E-state index is 13.8. The summed E-state index contributed by atoms with van der Waals surface area (Å²) in [7, 11) is 0. The van der Waals surface area contributed by atoms with Gasteiger partial charge in [0, 0.05) is 5.56 Å². The van der Waals surface area contributed by atoms with Crippen molar-refractivity contribution in [3.05, 3.63) is 70.8 Å². The highest BCUT2D eigenvalue weighted by Gasteiger charge is 2.30. The molecule has 20 heavy (non-hydrogen) atoms. The summed E-state index contributed by atoms with van der Waals surface area (Å²) in [6.45, 7) is 0.454. The summed E-state index contributed by atoms with van der Waals surface area (Å²) in [6, 6.07) is 11.3. The topological polar surface area (TPSA) is 29.5 Å². The minimum atomic E-state index is -1.23. The Morgan fingerprint density at radius 2 is 1.90 bits per heavy atom. The number of hydrogen-bond acceptors (Lipinski definition) is 2. The minimum Gasteiger partial charge on any atom is -0.385 e. The van der Waals surface area contributed by atoms with Crippen molar-refractivity contribution in [2.75, 3.05) is 6.61 Å². The molecule has 0 amide bonds. The second-order valence-corrected chi connectivity index (χ2v) is 4.83. The van der Waals surface area contributed by atoms with E-state index in [1.807, 2.05) is 24.3 Å². The van der Waals surface area contributed by atoms with E-state index in [9.17, 15) is 13.9 Å². The van der Waals surface area contributed by atoms with Gasteiger partial charge in [-0.2, -0.15) is 0 Å². The number of aliphatic hydroxyl groups excluding tert-OH is 1. The monoisotopic (exact) mass is 276 g/mol. The lowest BCUT2D eigenvalue weighted by molar-refractivity contribution is -0.0497. The molecule has 0 saturated carbocycles. The molecule has 1 aliphatic rings. The molecule has 2 nitrogen and oxygen atoms in total. The molecule has 1 aliphatic heterocycles. The Bertz CT molecular complexity index is 628. The van der Waals surface area contributed by atoms with Crippen molar-refractivity contribution in [3.8, 4) is 0 Å². The highest BCUT2D eigenvalue weighted by Crippen LogP contribution is 2.37. The van der Waals surface area contributed by atoms with Gasteiger partial charge in [0.2, 0.25) is 0 Å². The summed E-state index contributed by atoms with van der Waals surface area (Å²) in [5.74, 6) is -1.99. The predicted octanol–water partition coefficient (Wildman–Crippen LogP) is 3.31. The lowest BCUT2D eigenvalue weighted by Crippen LogP contribution is -2.22. The van der Waals surface area contributed by atoms with Crippen LogP contribution in [0.2, 0.25) is 0 Å². The lowest BCUT2D eigenvalue weighted by atomic mass is 9.91. The standard InChI is InChI=1S/C16H14F2O2/c17-13-7-3-6-12(14(13)18)15(19)16-11-5-2-1-4-10(11)8-9-20-16/h1-7,15-16,19H,8-9H2. The molecule has 1 heterocycles. The molecule has 0 fully saturated rings. The van der Waals surface area contributed by atoms with Crippen LogP contribution >= 0.6 is 0 Å². The van der Waals surface area contributed by atoms with Gasteiger partial charge in [0.15, 0.2) is 11.6 Å². The predicted molar refractivity (Wildman–Crippen MR) is 70.2 cm³/mol. The molecule has 0 radical (unpaired) electrons. The second kappa shape index (κ2) is 5.31. The first-order valence-corrected chi connectivity index (χ1v) is 6.50. The van der Waals surface area contributed by atoms with Gasteiger partial charge in [0.1, 0.15) is 12.2 Å². The molecular formula is C16H14F2O2. The molecule has 3 rings (SSSR count). The Morgan fingerprint density at radius 3 is 2.75 bits per heavy atom. The molecule has 0 saturated heterocycles. The van der Waals surface area contributed by atoms with Gasteiger partial charge in [-0.1, -0.05) is 36.4 Å². The van der Waals surface area contributed by atoms with E-state index in [0.29, 0.717) is 6.61 Å². The summed E-state index contributed by atoms with van der Waals surface area (Å²) in [5, 5.41) is 10.4. The van der Waals surface area contributed by atoms with Crippen molar-refractivity contribution in [2.45, 2.75) is 18.6 Å². The second-order valence-electron chi connectivity index (χ2n) is 4.83. The molecule has 1 N–H and O–H groups in total. The fraction of sp³-hybridized carbons (Fsp3) is 0.250. The van der Waals surface area contributed by atoms with Gasteiger partial charge >= 0.3 is 0 Å². The van der Waals surface area contributed by atoms with Gasteiger partial charge in [0.05, 0.1) is 6.61 Å². The number of fused-ring (bicyclic) bond motifs is 1. The van der Waals surface area contributed by atoms with Gasteiger partial charge in [-0.25, -0.2) is 8.78 Å². The first kappa shape index (κ1) is 13.2. The molecule has 0 spiro atoms. The Labute approximate surface area is 115 Å². The fourth-order valence-corrected chi connectivity index (χ4v) is 2.60. The van der Waals surface area contributed by atoms with E-state index < -0.39 is 23.8 Å². The first-order valence-electron chi connectivity index (χ1n) is 6.50. The zero-order valence-electron chi connectivity index (χ0n) is 10.7. The largest absolute Gasteiger partial charge is 0.385 e. The third kappa shape index (κ3) is 2.21. The van der Waals surface area contributed by atoms with Crippen LogP contribution in [-0.4, -0.2) is 11.7 Å². The number of rotatable bonds is 2. The smallest absolute Gasteiger partial charge is 0.164 e. The lowest BCUT2D eigenvalue weighted by Gasteiger charge is -2.30. The van der Waals surface area contributed by atoms with E-state index >= 15 is 0 Å². The van der Waals surface area contributed by atoms with Crippen molar-refractivity contribution in [3.63, 3.8) is 0 Å². The van der Waals surface area contributed by atoms with Gasteiger partial charge in [-0.3, -0.25) is 0 Å². The molecule has 2 aromatic rings. The van der Waals surface area contributed by atoms with Crippen LogP contribution in [0.15, 0.2) is 42.5 Å². The molecule has 2 aromatic carbocycles. The molecule has 4 heteroatoms. The Hall–Kier alpha value is -1.78. The van der Waals surface area contributed by atoms with Crippen LogP contribution in [0.4, 0.5) is 8.78 Å². The van der Waals surface area contributed by atoms with Crippen LogP contribution in [0.5, 0.6) is 0 Å². The molecule has 2 unspecified atom stereocenters. The van der Waals surface area contributed by atoms with Crippen LogP contribution in [0.25, 0.3) is 0 Å². The van der Waals surface area contributed by atoms with Crippen molar-refractivity contribution < 1.29 is 18.6 Å². The van der Waals surface area contributed by atoms with Crippen molar-refractivity contribution in [1.82, 2.24) is 0 Å². The summed E-state index contributed by atoms with van der Waals surface area (Å²) in [4.78, 5) is 0. The summed E-state index contributed by atoms with van der Waals surface area (Å²) in [6.07, 6.45) is -1.14. The zero-order chi connectivity index (χ0) is 14.1. The van der Waals surface area contributed by atoms with E-state index in [2.05, 4.69) is 0 Å². The van der Waals surface area contributed by atoms with Crippen LogP contribution in [0.1, 0.15) is 28.9 Å². The number of hydrogen-bond donors (Lipinski definition) is 1. The maximum Gasteiger partial charge on any atom is 0.164 e. The van der Waals surface area contributed by atoms with Crippen LogP contribution in [-0.2, 0) is 11.2 Å². The van der Waals surface area contributed by atoms with E-state index in [4.69, 9.17) is 4.74 Å². The normalized spacial score (nSPS) is 19.4. The fourth-order valence-electron chi connectivity index (χ4n) is 2.60. The molecule has 2 atom stereocenters. The van der Waals surface area contributed by atoms with Gasteiger partial charge in [0.25, 0.3) is 0 Å². The Kier molecular flexibility index (Phi) is 3.51. The molecule has 0 bridgehead atoms. The van der Waals surface area contributed by atoms with Crippen molar-refractivity contribution >= 4 is 0 Å². The number of halogens is 2. The number of ether oxygens (including phenoxy) is 1. The highest BCUT2D eigenvalue weighted by molar-refractivity contribution is 5.34. The molecule has 104 valence electrons.